The lowest BCUT2D eigenvalue weighted by molar-refractivity contribution is -0.116. The molecule has 0 spiro atoms. The number of morpholine rings is 1. The number of anilines is 1. The summed E-state index contributed by atoms with van der Waals surface area (Å²) in [5, 5.41) is 0. The van der Waals surface area contributed by atoms with Crippen LogP contribution in [0.15, 0.2) is 18.2 Å². The maximum atomic E-state index is 11.8. The van der Waals surface area contributed by atoms with E-state index in [1.54, 1.807) is 11.8 Å². The summed E-state index contributed by atoms with van der Waals surface area (Å²) in [6.45, 7) is 8.49. The van der Waals surface area contributed by atoms with E-state index in [4.69, 9.17) is 4.74 Å². The van der Waals surface area contributed by atoms with Crippen molar-refractivity contribution in [3.63, 3.8) is 0 Å². The Morgan fingerprint density at radius 2 is 2.16 bits per heavy atom. The Morgan fingerprint density at radius 1 is 1.42 bits per heavy atom. The van der Waals surface area contributed by atoms with Crippen molar-refractivity contribution in [3.05, 3.63) is 23.9 Å². The van der Waals surface area contributed by atoms with E-state index in [2.05, 4.69) is 9.88 Å². The first kappa shape index (κ1) is 14.0. The molecule has 1 aliphatic heterocycles. The predicted molar refractivity (Wildman–Crippen MR) is 74.3 cm³/mol. The summed E-state index contributed by atoms with van der Waals surface area (Å²) >= 11 is 0. The second-order valence-corrected chi connectivity index (χ2v) is 4.76. The highest BCUT2D eigenvalue weighted by Crippen LogP contribution is 2.11. The van der Waals surface area contributed by atoms with Crippen LogP contribution in [0.2, 0.25) is 0 Å². The third-order valence-electron chi connectivity index (χ3n) is 3.27. The van der Waals surface area contributed by atoms with Gasteiger partial charge in [0.25, 0.3) is 0 Å². The summed E-state index contributed by atoms with van der Waals surface area (Å²) in [4.78, 5) is 20.2. The van der Waals surface area contributed by atoms with Gasteiger partial charge in [-0.05, 0) is 19.1 Å². The number of hydrogen-bond acceptors (Lipinski definition) is 4. The molecule has 104 valence electrons. The number of aryl methyl sites for hydroxylation is 1. The van der Waals surface area contributed by atoms with E-state index in [9.17, 15) is 4.79 Å². The molecule has 0 unspecified atom stereocenters. The summed E-state index contributed by atoms with van der Waals surface area (Å²) < 4.78 is 5.32. The first-order valence-electron chi connectivity index (χ1n) is 6.68. The second kappa shape index (κ2) is 6.63. The fraction of sp³-hybridized carbons (Fsp3) is 0.571. The SMILES string of the molecule is CC(=O)N(CCN1CCOCC1)c1cccc(C)n1. The van der Waals surface area contributed by atoms with E-state index in [0.717, 1.165) is 44.4 Å². The van der Waals surface area contributed by atoms with Crippen LogP contribution in [0, 0.1) is 6.92 Å². The zero-order valence-corrected chi connectivity index (χ0v) is 11.6. The highest BCUT2D eigenvalue weighted by atomic mass is 16.5. The van der Waals surface area contributed by atoms with Crippen LogP contribution < -0.4 is 4.90 Å². The van der Waals surface area contributed by atoms with Crippen LogP contribution in [0.5, 0.6) is 0 Å². The molecular formula is C14H21N3O2. The monoisotopic (exact) mass is 263 g/mol. The quantitative estimate of drug-likeness (QED) is 0.815. The number of pyridine rings is 1. The molecule has 0 N–H and O–H groups in total. The molecule has 1 aliphatic rings. The molecule has 1 amide bonds. The third-order valence-corrected chi connectivity index (χ3v) is 3.27. The summed E-state index contributed by atoms with van der Waals surface area (Å²) in [7, 11) is 0. The van der Waals surface area contributed by atoms with E-state index in [1.165, 1.54) is 0 Å². The predicted octanol–water partition coefficient (Wildman–Crippen LogP) is 1.08. The highest BCUT2D eigenvalue weighted by Gasteiger charge is 2.16. The molecule has 1 aromatic rings. The van der Waals surface area contributed by atoms with Crippen molar-refractivity contribution in [2.24, 2.45) is 0 Å². The summed E-state index contributed by atoms with van der Waals surface area (Å²) in [6, 6.07) is 5.75. The van der Waals surface area contributed by atoms with Gasteiger partial charge in [-0.1, -0.05) is 6.07 Å². The van der Waals surface area contributed by atoms with Crippen molar-refractivity contribution in [2.45, 2.75) is 13.8 Å². The molecule has 0 aromatic carbocycles. The molecular weight excluding hydrogens is 242 g/mol. The minimum atomic E-state index is 0.0337. The molecule has 0 saturated carbocycles. The minimum Gasteiger partial charge on any atom is -0.379 e. The van der Waals surface area contributed by atoms with Gasteiger partial charge in [-0.25, -0.2) is 4.98 Å². The van der Waals surface area contributed by atoms with Gasteiger partial charge < -0.3 is 4.74 Å². The van der Waals surface area contributed by atoms with Gasteiger partial charge in [0.2, 0.25) is 5.91 Å². The molecule has 0 bridgehead atoms. The number of carbonyl (C=O) groups is 1. The molecule has 2 heterocycles. The number of rotatable bonds is 4. The zero-order chi connectivity index (χ0) is 13.7. The Hall–Kier alpha value is -1.46. The molecule has 0 atom stereocenters. The third kappa shape index (κ3) is 4.01. The Labute approximate surface area is 114 Å². The number of carbonyl (C=O) groups excluding carboxylic acids is 1. The number of aromatic nitrogens is 1. The standard InChI is InChI=1S/C14H21N3O2/c1-12-4-3-5-14(15-12)17(13(2)18)7-6-16-8-10-19-11-9-16/h3-5H,6-11H2,1-2H3. The van der Waals surface area contributed by atoms with E-state index in [0.29, 0.717) is 6.54 Å². The van der Waals surface area contributed by atoms with Crippen molar-refractivity contribution in [1.82, 2.24) is 9.88 Å². The Kier molecular flexibility index (Phi) is 4.87. The molecule has 5 heteroatoms. The number of hydrogen-bond donors (Lipinski definition) is 0. The summed E-state index contributed by atoms with van der Waals surface area (Å²) in [6.07, 6.45) is 0. The number of ether oxygens (including phenoxy) is 1. The highest BCUT2D eigenvalue weighted by molar-refractivity contribution is 5.90. The van der Waals surface area contributed by atoms with Crippen molar-refractivity contribution in [2.75, 3.05) is 44.3 Å². The average molecular weight is 263 g/mol. The Bertz CT molecular complexity index is 430. The first-order chi connectivity index (χ1) is 9.16. The normalized spacial score (nSPS) is 16.3. The minimum absolute atomic E-state index is 0.0337. The number of amides is 1. The Balaban J connectivity index is 1.98. The van der Waals surface area contributed by atoms with Crippen LogP contribution in [0.1, 0.15) is 12.6 Å². The molecule has 1 fully saturated rings. The van der Waals surface area contributed by atoms with Crippen molar-refractivity contribution in [3.8, 4) is 0 Å². The van der Waals surface area contributed by atoms with Gasteiger partial charge in [-0.3, -0.25) is 14.6 Å². The van der Waals surface area contributed by atoms with E-state index < -0.39 is 0 Å². The topological polar surface area (TPSA) is 45.7 Å². The van der Waals surface area contributed by atoms with E-state index in [-0.39, 0.29) is 5.91 Å². The largest absolute Gasteiger partial charge is 0.379 e. The maximum absolute atomic E-state index is 11.8. The van der Waals surface area contributed by atoms with Crippen LogP contribution in [-0.2, 0) is 9.53 Å². The zero-order valence-electron chi connectivity index (χ0n) is 11.6. The van der Waals surface area contributed by atoms with Crippen LogP contribution >= 0.6 is 0 Å². The molecule has 1 saturated heterocycles. The van der Waals surface area contributed by atoms with Crippen LogP contribution in [-0.4, -0.2) is 55.2 Å². The summed E-state index contributed by atoms with van der Waals surface area (Å²) in [5.41, 5.74) is 0.926. The average Bonchev–Trinajstić information content (AvgIpc) is 2.40. The molecule has 19 heavy (non-hydrogen) atoms. The fourth-order valence-corrected chi connectivity index (χ4v) is 2.18. The van der Waals surface area contributed by atoms with E-state index >= 15 is 0 Å². The second-order valence-electron chi connectivity index (χ2n) is 4.76. The van der Waals surface area contributed by atoms with Gasteiger partial charge in [0.15, 0.2) is 0 Å². The van der Waals surface area contributed by atoms with Gasteiger partial charge >= 0.3 is 0 Å². The lowest BCUT2D eigenvalue weighted by Crippen LogP contribution is -2.43. The molecule has 1 aromatic heterocycles. The van der Waals surface area contributed by atoms with Crippen molar-refractivity contribution >= 4 is 11.7 Å². The van der Waals surface area contributed by atoms with Gasteiger partial charge in [-0.2, -0.15) is 0 Å². The Morgan fingerprint density at radius 3 is 2.79 bits per heavy atom. The van der Waals surface area contributed by atoms with Gasteiger partial charge in [-0.15, -0.1) is 0 Å². The van der Waals surface area contributed by atoms with Crippen LogP contribution in [0.25, 0.3) is 0 Å². The van der Waals surface area contributed by atoms with Gasteiger partial charge in [0.05, 0.1) is 13.2 Å². The maximum Gasteiger partial charge on any atom is 0.225 e. The first-order valence-corrected chi connectivity index (χ1v) is 6.68. The summed E-state index contributed by atoms with van der Waals surface area (Å²) in [5.74, 6) is 0.770. The lowest BCUT2D eigenvalue weighted by Gasteiger charge is -2.29. The molecule has 0 aliphatic carbocycles. The molecule has 5 nitrogen and oxygen atoms in total. The van der Waals surface area contributed by atoms with Gasteiger partial charge in [0.1, 0.15) is 5.82 Å². The van der Waals surface area contributed by atoms with Gasteiger partial charge in [0, 0.05) is 38.8 Å². The van der Waals surface area contributed by atoms with E-state index in [1.807, 2.05) is 25.1 Å². The fourth-order valence-electron chi connectivity index (χ4n) is 2.18. The van der Waals surface area contributed by atoms with Crippen molar-refractivity contribution < 1.29 is 9.53 Å². The molecule has 2 rings (SSSR count). The van der Waals surface area contributed by atoms with Crippen LogP contribution in [0.4, 0.5) is 5.82 Å². The smallest absolute Gasteiger partial charge is 0.225 e. The van der Waals surface area contributed by atoms with Crippen molar-refractivity contribution in [1.29, 1.82) is 0 Å². The molecule has 0 radical (unpaired) electrons. The number of nitrogens with zero attached hydrogens (tertiary/aromatic N) is 3. The van der Waals surface area contributed by atoms with Crippen LogP contribution in [0.3, 0.4) is 0 Å². The lowest BCUT2D eigenvalue weighted by atomic mass is 10.3.